The van der Waals surface area contributed by atoms with E-state index in [2.05, 4.69) is 20.7 Å². The van der Waals surface area contributed by atoms with Crippen molar-refractivity contribution in [1.82, 2.24) is 25.4 Å². The SMILES string of the molecule is CC1(CNC(=O)NCc2ccnc(-n3cccn3)c2)CCCCC1O. The Labute approximate surface area is 147 Å². The third kappa shape index (κ3) is 4.36. The lowest BCUT2D eigenvalue weighted by Gasteiger charge is -2.38. The van der Waals surface area contributed by atoms with Crippen molar-refractivity contribution in [2.24, 2.45) is 5.41 Å². The van der Waals surface area contributed by atoms with Crippen molar-refractivity contribution in [3.63, 3.8) is 0 Å². The fourth-order valence-electron chi connectivity index (χ4n) is 3.21. The standard InChI is InChI=1S/C18H25N5O2/c1-18(7-3-2-5-15(18)24)13-21-17(25)20-12-14-6-9-19-16(11-14)23-10-4-8-22-23/h4,6,8-11,15,24H,2-3,5,7,12-13H2,1H3,(H2,20,21,25). The summed E-state index contributed by atoms with van der Waals surface area (Å²) in [5, 5.41) is 20.1. The molecule has 2 atom stereocenters. The second kappa shape index (κ2) is 7.65. The Morgan fingerprint density at radius 3 is 3.04 bits per heavy atom. The molecule has 2 unspecified atom stereocenters. The van der Waals surface area contributed by atoms with Crippen LogP contribution in [0.15, 0.2) is 36.8 Å². The summed E-state index contributed by atoms with van der Waals surface area (Å²) < 4.78 is 1.68. The van der Waals surface area contributed by atoms with Crippen LogP contribution in [0.5, 0.6) is 0 Å². The lowest BCUT2D eigenvalue weighted by atomic mass is 9.73. The number of aromatic nitrogens is 3. The average molecular weight is 343 g/mol. The number of hydrogen-bond donors (Lipinski definition) is 3. The van der Waals surface area contributed by atoms with Gasteiger partial charge in [0, 0.05) is 37.1 Å². The van der Waals surface area contributed by atoms with Gasteiger partial charge in [0.15, 0.2) is 5.82 Å². The first-order valence-corrected chi connectivity index (χ1v) is 8.71. The van der Waals surface area contributed by atoms with Gasteiger partial charge in [-0.05, 0) is 36.6 Å². The molecule has 0 bridgehead atoms. The van der Waals surface area contributed by atoms with Gasteiger partial charge in [0.2, 0.25) is 0 Å². The van der Waals surface area contributed by atoms with Crippen LogP contribution in [0.25, 0.3) is 5.82 Å². The molecule has 25 heavy (non-hydrogen) atoms. The number of nitrogens with zero attached hydrogens (tertiary/aromatic N) is 3. The molecular weight excluding hydrogens is 318 g/mol. The molecule has 0 aromatic carbocycles. The summed E-state index contributed by atoms with van der Waals surface area (Å²) >= 11 is 0. The van der Waals surface area contributed by atoms with Crippen molar-refractivity contribution in [2.75, 3.05) is 6.54 Å². The summed E-state index contributed by atoms with van der Waals surface area (Å²) in [6.07, 6.45) is 8.78. The average Bonchev–Trinajstić information content (AvgIpc) is 3.16. The van der Waals surface area contributed by atoms with Gasteiger partial charge < -0.3 is 15.7 Å². The molecule has 2 heterocycles. The van der Waals surface area contributed by atoms with Gasteiger partial charge in [-0.1, -0.05) is 19.8 Å². The maximum atomic E-state index is 12.1. The Kier molecular flexibility index (Phi) is 5.33. The Morgan fingerprint density at radius 2 is 2.28 bits per heavy atom. The number of aliphatic hydroxyl groups excluding tert-OH is 1. The molecule has 0 radical (unpaired) electrons. The summed E-state index contributed by atoms with van der Waals surface area (Å²) in [5.41, 5.74) is 0.707. The van der Waals surface area contributed by atoms with E-state index in [4.69, 9.17) is 0 Å². The largest absolute Gasteiger partial charge is 0.392 e. The quantitative estimate of drug-likeness (QED) is 0.774. The van der Waals surface area contributed by atoms with Crippen LogP contribution in [0.2, 0.25) is 0 Å². The highest BCUT2D eigenvalue weighted by Crippen LogP contribution is 2.35. The number of nitrogens with one attached hydrogen (secondary N) is 2. The van der Waals surface area contributed by atoms with E-state index in [0.29, 0.717) is 18.9 Å². The third-order valence-electron chi connectivity index (χ3n) is 4.93. The van der Waals surface area contributed by atoms with Crippen molar-refractivity contribution in [3.05, 3.63) is 42.4 Å². The van der Waals surface area contributed by atoms with Crippen LogP contribution in [-0.4, -0.2) is 38.6 Å². The minimum Gasteiger partial charge on any atom is -0.392 e. The molecule has 2 amide bonds. The van der Waals surface area contributed by atoms with Gasteiger partial charge in [-0.25, -0.2) is 14.5 Å². The van der Waals surface area contributed by atoms with Gasteiger partial charge in [-0.2, -0.15) is 5.10 Å². The van der Waals surface area contributed by atoms with Crippen LogP contribution in [0.3, 0.4) is 0 Å². The Bertz CT molecular complexity index is 703. The smallest absolute Gasteiger partial charge is 0.315 e. The highest BCUT2D eigenvalue weighted by atomic mass is 16.3. The Hall–Kier alpha value is -2.41. The summed E-state index contributed by atoms with van der Waals surface area (Å²) in [4.78, 5) is 16.4. The fourth-order valence-corrected chi connectivity index (χ4v) is 3.21. The number of amides is 2. The summed E-state index contributed by atoms with van der Waals surface area (Å²) in [7, 11) is 0. The van der Waals surface area contributed by atoms with E-state index < -0.39 is 0 Å². The highest BCUT2D eigenvalue weighted by molar-refractivity contribution is 5.73. The molecule has 3 rings (SSSR count). The molecule has 2 aromatic heterocycles. The van der Waals surface area contributed by atoms with Crippen LogP contribution in [0.4, 0.5) is 4.79 Å². The summed E-state index contributed by atoms with van der Waals surface area (Å²) in [6.45, 7) is 2.92. The number of carbonyl (C=O) groups is 1. The second-order valence-electron chi connectivity index (χ2n) is 6.92. The number of hydrogen-bond acceptors (Lipinski definition) is 4. The molecule has 134 valence electrons. The topological polar surface area (TPSA) is 92.1 Å². The number of rotatable bonds is 5. The van der Waals surface area contributed by atoms with Crippen molar-refractivity contribution in [2.45, 2.75) is 45.3 Å². The molecule has 1 aliphatic rings. The van der Waals surface area contributed by atoms with Crippen LogP contribution in [0, 0.1) is 5.41 Å². The van der Waals surface area contributed by atoms with E-state index in [1.807, 2.05) is 31.3 Å². The van der Waals surface area contributed by atoms with E-state index in [1.165, 1.54) is 0 Å². The minimum absolute atomic E-state index is 0.226. The highest BCUT2D eigenvalue weighted by Gasteiger charge is 2.35. The van der Waals surface area contributed by atoms with E-state index in [0.717, 1.165) is 31.2 Å². The molecule has 1 fully saturated rings. The molecule has 0 saturated heterocycles. The zero-order valence-electron chi connectivity index (χ0n) is 14.5. The van der Waals surface area contributed by atoms with Gasteiger partial charge in [0.1, 0.15) is 0 Å². The first kappa shape index (κ1) is 17.4. The van der Waals surface area contributed by atoms with Gasteiger partial charge in [0.25, 0.3) is 0 Å². The van der Waals surface area contributed by atoms with Gasteiger partial charge in [-0.3, -0.25) is 0 Å². The molecule has 1 saturated carbocycles. The summed E-state index contributed by atoms with van der Waals surface area (Å²) in [6, 6.07) is 5.36. The molecule has 0 spiro atoms. The van der Waals surface area contributed by atoms with Gasteiger partial charge in [-0.15, -0.1) is 0 Å². The van der Waals surface area contributed by atoms with Crippen molar-refractivity contribution < 1.29 is 9.90 Å². The first-order valence-electron chi connectivity index (χ1n) is 8.71. The minimum atomic E-state index is -0.349. The van der Waals surface area contributed by atoms with E-state index in [1.54, 1.807) is 17.1 Å². The predicted molar refractivity (Wildman–Crippen MR) is 94.2 cm³/mol. The number of urea groups is 1. The van der Waals surface area contributed by atoms with Gasteiger partial charge >= 0.3 is 6.03 Å². The molecule has 7 nitrogen and oxygen atoms in total. The molecular formula is C18H25N5O2. The Morgan fingerprint density at radius 1 is 1.40 bits per heavy atom. The van der Waals surface area contributed by atoms with E-state index >= 15 is 0 Å². The van der Waals surface area contributed by atoms with Crippen LogP contribution >= 0.6 is 0 Å². The van der Waals surface area contributed by atoms with Crippen molar-refractivity contribution in [1.29, 1.82) is 0 Å². The van der Waals surface area contributed by atoms with E-state index in [9.17, 15) is 9.90 Å². The maximum Gasteiger partial charge on any atom is 0.315 e. The van der Waals surface area contributed by atoms with Gasteiger partial charge in [0.05, 0.1) is 6.10 Å². The maximum absolute atomic E-state index is 12.1. The third-order valence-corrected chi connectivity index (χ3v) is 4.93. The zero-order valence-corrected chi connectivity index (χ0v) is 14.5. The lowest BCUT2D eigenvalue weighted by molar-refractivity contribution is 0.00309. The van der Waals surface area contributed by atoms with E-state index in [-0.39, 0.29) is 17.6 Å². The number of aliphatic hydroxyl groups is 1. The molecule has 0 aliphatic heterocycles. The second-order valence-corrected chi connectivity index (χ2v) is 6.92. The molecule has 3 N–H and O–H groups in total. The summed E-state index contributed by atoms with van der Waals surface area (Å²) in [5.74, 6) is 0.711. The van der Waals surface area contributed by atoms with Crippen molar-refractivity contribution >= 4 is 6.03 Å². The van der Waals surface area contributed by atoms with Crippen LogP contribution in [0.1, 0.15) is 38.2 Å². The van der Waals surface area contributed by atoms with Crippen LogP contribution < -0.4 is 10.6 Å². The fraction of sp³-hybridized carbons (Fsp3) is 0.500. The molecule has 7 heteroatoms. The number of pyridine rings is 1. The number of carbonyl (C=O) groups excluding carboxylic acids is 1. The Balaban J connectivity index is 1.50. The molecule has 1 aliphatic carbocycles. The normalized spacial score (nSPS) is 23.2. The zero-order chi connectivity index (χ0) is 17.7. The molecule has 2 aromatic rings. The lowest BCUT2D eigenvalue weighted by Crippen LogP contribution is -2.47. The first-order chi connectivity index (χ1) is 12.1. The predicted octanol–water partition coefficient (Wildman–Crippen LogP) is 2.01. The van der Waals surface area contributed by atoms with Crippen LogP contribution in [-0.2, 0) is 6.54 Å². The van der Waals surface area contributed by atoms with Crippen molar-refractivity contribution in [3.8, 4) is 5.82 Å². The monoisotopic (exact) mass is 343 g/mol.